The van der Waals surface area contributed by atoms with Gasteiger partial charge in [0.15, 0.2) is 0 Å². The first-order chi connectivity index (χ1) is 9.11. The molecule has 0 spiro atoms. The Hall–Kier alpha value is -1.07. The molecule has 1 aromatic carbocycles. The highest BCUT2D eigenvalue weighted by Gasteiger charge is 2.14. The molecule has 0 saturated heterocycles. The summed E-state index contributed by atoms with van der Waals surface area (Å²) in [5, 5.41) is 5.46. The first kappa shape index (κ1) is 14.3. The Bertz CT molecular complexity index is 553. The number of aryl methyl sites for hydroxylation is 2. The van der Waals surface area contributed by atoms with Crippen LogP contribution in [0.5, 0.6) is 0 Å². The summed E-state index contributed by atoms with van der Waals surface area (Å²) in [6.07, 6.45) is 3.46. The van der Waals surface area contributed by atoms with Gasteiger partial charge in [-0.1, -0.05) is 23.2 Å². The number of halogens is 2. The maximum absolute atomic E-state index is 6.19. The smallest absolute Gasteiger partial charge is 0.0492 e. The summed E-state index contributed by atoms with van der Waals surface area (Å²) in [7, 11) is 1.92. The molecule has 6 heteroatoms. The van der Waals surface area contributed by atoms with Gasteiger partial charge < -0.3 is 0 Å². The molecule has 0 amide bonds. The molecule has 4 nitrogen and oxygen atoms in total. The molecule has 2 aromatic rings. The van der Waals surface area contributed by atoms with E-state index in [9.17, 15) is 0 Å². The van der Waals surface area contributed by atoms with Gasteiger partial charge in [-0.25, -0.2) is 0 Å². The van der Waals surface area contributed by atoms with Crippen molar-refractivity contribution in [2.45, 2.75) is 18.9 Å². The van der Waals surface area contributed by atoms with E-state index in [0.717, 1.165) is 24.1 Å². The van der Waals surface area contributed by atoms with Crippen molar-refractivity contribution in [1.29, 1.82) is 0 Å². The number of aromatic nitrogens is 2. The minimum absolute atomic E-state index is 0.0406. The fourth-order valence-corrected chi connectivity index (χ4v) is 2.48. The third kappa shape index (κ3) is 3.48. The van der Waals surface area contributed by atoms with Gasteiger partial charge in [-0.15, -0.1) is 0 Å². The van der Waals surface area contributed by atoms with Crippen molar-refractivity contribution in [3.8, 4) is 0 Å². The van der Waals surface area contributed by atoms with Crippen LogP contribution in [0, 0.1) is 0 Å². The average Bonchev–Trinajstić information content (AvgIpc) is 2.80. The average molecular weight is 299 g/mol. The van der Waals surface area contributed by atoms with Crippen LogP contribution >= 0.6 is 23.2 Å². The fraction of sp³-hybridized carbons (Fsp3) is 0.308. The van der Waals surface area contributed by atoms with Crippen LogP contribution in [-0.4, -0.2) is 9.78 Å². The Kier molecular flexibility index (Phi) is 4.82. The van der Waals surface area contributed by atoms with E-state index in [1.165, 1.54) is 0 Å². The highest BCUT2D eigenvalue weighted by atomic mass is 35.5. The van der Waals surface area contributed by atoms with Gasteiger partial charge in [-0.3, -0.25) is 16.0 Å². The Balaban J connectivity index is 2.12. The zero-order valence-electron chi connectivity index (χ0n) is 10.6. The van der Waals surface area contributed by atoms with E-state index in [2.05, 4.69) is 10.5 Å². The van der Waals surface area contributed by atoms with E-state index in [1.807, 2.05) is 23.9 Å². The van der Waals surface area contributed by atoms with Gasteiger partial charge in [0.25, 0.3) is 0 Å². The van der Waals surface area contributed by atoms with Crippen molar-refractivity contribution in [3.63, 3.8) is 0 Å². The molecule has 0 aliphatic rings. The highest BCUT2D eigenvalue weighted by molar-refractivity contribution is 6.33. The largest absolute Gasteiger partial charge is 0.273 e. The molecule has 0 saturated carbocycles. The number of benzene rings is 1. The SMILES string of the molecule is Cn1nccc1CCC(NN)c1cc(Cl)ccc1Cl. The molecule has 2 rings (SSSR count). The van der Waals surface area contributed by atoms with Gasteiger partial charge in [0.1, 0.15) is 0 Å². The van der Waals surface area contributed by atoms with Crippen LogP contribution in [0.25, 0.3) is 0 Å². The van der Waals surface area contributed by atoms with Gasteiger partial charge in [0.2, 0.25) is 0 Å². The lowest BCUT2D eigenvalue weighted by Gasteiger charge is -2.18. The number of nitrogens with two attached hydrogens (primary N) is 1. The normalized spacial score (nSPS) is 12.6. The monoisotopic (exact) mass is 298 g/mol. The fourth-order valence-electron chi connectivity index (χ4n) is 2.05. The minimum atomic E-state index is -0.0406. The Labute approximate surface area is 122 Å². The van der Waals surface area contributed by atoms with E-state index in [1.54, 1.807) is 18.3 Å². The zero-order chi connectivity index (χ0) is 13.8. The highest BCUT2D eigenvalue weighted by Crippen LogP contribution is 2.28. The molecule has 1 aromatic heterocycles. The summed E-state index contributed by atoms with van der Waals surface area (Å²) in [5.41, 5.74) is 4.86. The molecule has 1 heterocycles. The van der Waals surface area contributed by atoms with Crippen LogP contribution in [0.2, 0.25) is 10.0 Å². The van der Waals surface area contributed by atoms with Crippen LogP contribution in [0.15, 0.2) is 30.5 Å². The first-order valence-electron chi connectivity index (χ1n) is 5.99. The summed E-state index contributed by atoms with van der Waals surface area (Å²) >= 11 is 12.2. The van der Waals surface area contributed by atoms with Crippen molar-refractivity contribution in [2.75, 3.05) is 0 Å². The van der Waals surface area contributed by atoms with Crippen LogP contribution in [0.4, 0.5) is 0 Å². The van der Waals surface area contributed by atoms with Gasteiger partial charge in [0, 0.05) is 35.0 Å². The molecule has 3 N–H and O–H groups in total. The molecule has 0 aliphatic carbocycles. The molecular weight excluding hydrogens is 283 g/mol. The molecule has 1 atom stereocenters. The molecule has 102 valence electrons. The van der Waals surface area contributed by atoms with Crippen molar-refractivity contribution in [3.05, 3.63) is 51.8 Å². The van der Waals surface area contributed by atoms with Gasteiger partial charge in [0.05, 0.1) is 0 Å². The second kappa shape index (κ2) is 6.39. The quantitative estimate of drug-likeness (QED) is 0.659. The summed E-state index contributed by atoms with van der Waals surface area (Å²) in [5.74, 6) is 5.63. The molecule has 0 fully saturated rings. The van der Waals surface area contributed by atoms with E-state index in [4.69, 9.17) is 29.0 Å². The van der Waals surface area contributed by atoms with E-state index >= 15 is 0 Å². The first-order valence-corrected chi connectivity index (χ1v) is 6.75. The van der Waals surface area contributed by atoms with E-state index < -0.39 is 0 Å². The molecule has 0 bridgehead atoms. The van der Waals surface area contributed by atoms with Crippen LogP contribution in [0.3, 0.4) is 0 Å². The Morgan fingerprint density at radius 1 is 1.37 bits per heavy atom. The number of nitrogens with one attached hydrogen (secondary N) is 1. The van der Waals surface area contributed by atoms with Crippen LogP contribution in [-0.2, 0) is 13.5 Å². The summed E-state index contributed by atoms with van der Waals surface area (Å²) in [6, 6.07) is 7.35. The number of nitrogens with zero attached hydrogens (tertiary/aromatic N) is 2. The van der Waals surface area contributed by atoms with Crippen molar-refractivity contribution < 1.29 is 0 Å². The number of hydrogen-bond donors (Lipinski definition) is 2. The minimum Gasteiger partial charge on any atom is -0.273 e. The maximum Gasteiger partial charge on any atom is 0.0492 e. The van der Waals surface area contributed by atoms with Crippen LogP contribution in [0.1, 0.15) is 23.7 Å². The second-order valence-electron chi connectivity index (χ2n) is 4.37. The predicted molar refractivity (Wildman–Crippen MR) is 78.1 cm³/mol. The second-order valence-corrected chi connectivity index (χ2v) is 5.21. The summed E-state index contributed by atoms with van der Waals surface area (Å²) in [6.45, 7) is 0. The third-order valence-electron chi connectivity index (χ3n) is 3.15. The lowest BCUT2D eigenvalue weighted by Crippen LogP contribution is -2.28. The van der Waals surface area contributed by atoms with E-state index in [-0.39, 0.29) is 6.04 Å². The van der Waals surface area contributed by atoms with Gasteiger partial charge in [-0.05, 0) is 42.7 Å². The van der Waals surface area contributed by atoms with Crippen molar-refractivity contribution in [1.82, 2.24) is 15.2 Å². The lowest BCUT2D eigenvalue weighted by atomic mass is 10.0. The third-order valence-corrected chi connectivity index (χ3v) is 3.73. The summed E-state index contributed by atoms with van der Waals surface area (Å²) in [4.78, 5) is 0. The Morgan fingerprint density at radius 2 is 2.16 bits per heavy atom. The zero-order valence-corrected chi connectivity index (χ0v) is 12.1. The predicted octanol–water partition coefficient (Wildman–Crippen LogP) is 2.86. The summed E-state index contributed by atoms with van der Waals surface area (Å²) < 4.78 is 1.85. The topological polar surface area (TPSA) is 55.9 Å². The van der Waals surface area contributed by atoms with Gasteiger partial charge >= 0.3 is 0 Å². The number of hydrogen-bond acceptors (Lipinski definition) is 3. The van der Waals surface area contributed by atoms with Crippen molar-refractivity contribution in [2.24, 2.45) is 12.9 Å². The number of rotatable bonds is 5. The Morgan fingerprint density at radius 3 is 2.79 bits per heavy atom. The molecular formula is C13H16Cl2N4. The standard InChI is InChI=1S/C13H16Cl2N4/c1-19-10(6-7-17-19)3-5-13(18-16)11-8-9(14)2-4-12(11)15/h2,4,6-8,13,18H,3,5,16H2,1H3. The molecule has 1 unspecified atom stereocenters. The van der Waals surface area contributed by atoms with E-state index in [0.29, 0.717) is 10.0 Å². The molecule has 0 radical (unpaired) electrons. The molecule has 0 aliphatic heterocycles. The molecule has 19 heavy (non-hydrogen) atoms. The maximum atomic E-state index is 6.19. The van der Waals surface area contributed by atoms with Gasteiger partial charge in [-0.2, -0.15) is 5.10 Å². The van der Waals surface area contributed by atoms with Crippen LogP contribution < -0.4 is 11.3 Å². The van der Waals surface area contributed by atoms with Crippen molar-refractivity contribution >= 4 is 23.2 Å². The lowest BCUT2D eigenvalue weighted by molar-refractivity contribution is 0.507. The number of hydrazine groups is 1.